The standard InChI is InChI=1S/C10H12N4O2S/c15-10(16)13-5-8-11-7-4-2-1-3-6(7)9(17)14(8)12-13/h5,11-12H,1-4H2,(H,15,16). The van der Waals surface area contributed by atoms with Gasteiger partial charge in [0.05, 0.1) is 6.20 Å². The van der Waals surface area contributed by atoms with Crippen LogP contribution in [0.3, 0.4) is 0 Å². The highest BCUT2D eigenvalue weighted by Gasteiger charge is 2.34. The molecule has 90 valence electrons. The van der Waals surface area contributed by atoms with E-state index >= 15 is 0 Å². The molecule has 0 aromatic rings. The Labute approximate surface area is 104 Å². The zero-order valence-corrected chi connectivity index (χ0v) is 9.88. The molecule has 0 unspecified atom stereocenters. The number of hydrogen-bond donors (Lipinski definition) is 3. The third kappa shape index (κ3) is 1.58. The van der Waals surface area contributed by atoms with Crippen molar-refractivity contribution in [2.24, 2.45) is 0 Å². The Morgan fingerprint density at radius 2 is 2.18 bits per heavy atom. The number of nitrogens with one attached hydrogen (secondary N) is 2. The van der Waals surface area contributed by atoms with Crippen LogP contribution < -0.4 is 10.9 Å². The number of allylic oxidation sites excluding steroid dienone is 1. The predicted molar refractivity (Wildman–Crippen MR) is 64.1 cm³/mol. The Balaban J connectivity index is 1.92. The van der Waals surface area contributed by atoms with E-state index < -0.39 is 6.09 Å². The average Bonchev–Trinajstić information content (AvgIpc) is 2.74. The van der Waals surface area contributed by atoms with Crippen LogP contribution in [0.5, 0.6) is 0 Å². The van der Waals surface area contributed by atoms with E-state index in [0.717, 1.165) is 42.0 Å². The van der Waals surface area contributed by atoms with E-state index in [1.807, 2.05) is 0 Å². The fourth-order valence-corrected chi connectivity index (χ4v) is 2.64. The topological polar surface area (TPSA) is 67.8 Å². The number of carbonyl (C=O) groups is 1. The summed E-state index contributed by atoms with van der Waals surface area (Å²) in [5, 5.41) is 14.8. The number of rotatable bonds is 0. The third-order valence-electron chi connectivity index (χ3n) is 3.11. The highest BCUT2D eigenvalue weighted by atomic mass is 32.1. The Morgan fingerprint density at radius 3 is 2.94 bits per heavy atom. The van der Waals surface area contributed by atoms with E-state index in [1.54, 1.807) is 5.01 Å². The Morgan fingerprint density at radius 1 is 1.41 bits per heavy atom. The van der Waals surface area contributed by atoms with Crippen molar-refractivity contribution in [1.82, 2.24) is 20.9 Å². The monoisotopic (exact) mass is 252 g/mol. The fourth-order valence-electron chi connectivity index (χ4n) is 2.28. The van der Waals surface area contributed by atoms with Crippen molar-refractivity contribution in [2.45, 2.75) is 25.7 Å². The van der Waals surface area contributed by atoms with Crippen molar-refractivity contribution in [2.75, 3.05) is 0 Å². The van der Waals surface area contributed by atoms with Gasteiger partial charge in [-0.3, -0.25) is 0 Å². The van der Waals surface area contributed by atoms with Crippen molar-refractivity contribution in [3.8, 4) is 0 Å². The molecule has 3 N–H and O–H groups in total. The predicted octanol–water partition coefficient (Wildman–Crippen LogP) is 1.26. The van der Waals surface area contributed by atoms with Crippen molar-refractivity contribution in [3.05, 3.63) is 23.3 Å². The number of hydrazine groups is 2. The van der Waals surface area contributed by atoms with Gasteiger partial charge >= 0.3 is 6.09 Å². The summed E-state index contributed by atoms with van der Waals surface area (Å²) in [6.45, 7) is 0. The van der Waals surface area contributed by atoms with E-state index in [2.05, 4.69) is 10.9 Å². The fraction of sp³-hybridized carbons (Fsp3) is 0.400. The lowest BCUT2D eigenvalue weighted by Crippen LogP contribution is -2.50. The van der Waals surface area contributed by atoms with Gasteiger partial charge in [0.25, 0.3) is 0 Å². The van der Waals surface area contributed by atoms with Crippen molar-refractivity contribution >= 4 is 23.3 Å². The molecule has 2 heterocycles. The lowest BCUT2D eigenvalue weighted by Gasteiger charge is -2.34. The lowest BCUT2D eigenvalue weighted by atomic mass is 9.94. The minimum absolute atomic E-state index is 0.674. The maximum Gasteiger partial charge on any atom is 0.427 e. The van der Waals surface area contributed by atoms with Crippen LogP contribution in [0.1, 0.15) is 25.7 Å². The summed E-state index contributed by atoms with van der Waals surface area (Å²) in [6, 6.07) is 0. The van der Waals surface area contributed by atoms with Gasteiger partial charge in [-0.2, -0.15) is 5.01 Å². The van der Waals surface area contributed by atoms with Crippen LogP contribution in [0.15, 0.2) is 23.3 Å². The summed E-state index contributed by atoms with van der Waals surface area (Å²) in [6.07, 6.45) is 4.66. The minimum Gasteiger partial charge on any atom is -0.464 e. The summed E-state index contributed by atoms with van der Waals surface area (Å²) in [5.41, 5.74) is 4.98. The number of hydrogen-bond acceptors (Lipinski definition) is 4. The summed E-state index contributed by atoms with van der Waals surface area (Å²) >= 11 is 5.39. The van der Waals surface area contributed by atoms with E-state index in [9.17, 15) is 4.79 Å². The van der Waals surface area contributed by atoms with Gasteiger partial charge < -0.3 is 10.4 Å². The van der Waals surface area contributed by atoms with Gasteiger partial charge in [-0.1, -0.05) is 12.2 Å². The lowest BCUT2D eigenvalue weighted by molar-refractivity contribution is 0.126. The molecule has 0 fully saturated rings. The molecule has 17 heavy (non-hydrogen) atoms. The molecule has 1 amide bonds. The van der Waals surface area contributed by atoms with Gasteiger partial charge in [-0.25, -0.2) is 9.80 Å². The zero-order valence-electron chi connectivity index (χ0n) is 9.06. The zero-order chi connectivity index (χ0) is 12.0. The quantitative estimate of drug-likeness (QED) is 0.564. The van der Waals surface area contributed by atoms with Crippen LogP contribution in [-0.4, -0.2) is 26.2 Å². The van der Waals surface area contributed by atoms with Crippen molar-refractivity contribution in [1.29, 1.82) is 0 Å². The van der Waals surface area contributed by atoms with Crippen molar-refractivity contribution in [3.63, 3.8) is 0 Å². The number of amides is 1. The second-order valence-electron chi connectivity index (χ2n) is 4.20. The maximum absolute atomic E-state index is 10.9. The minimum atomic E-state index is -1.06. The second-order valence-corrected chi connectivity index (χ2v) is 4.58. The third-order valence-corrected chi connectivity index (χ3v) is 3.54. The van der Waals surface area contributed by atoms with Gasteiger partial charge in [0.1, 0.15) is 10.8 Å². The molecule has 0 spiro atoms. The molecule has 0 saturated heterocycles. The largest absolute Gasteiger partial charge is 0.464 e. The summed E-state index contributed by atoms with van der Waals surface area (Å²) in [4.78, 5) is 11.5. The van der Waals surface area contributed by atoms with Crippen LogP contribution in [0.25, 0.3) is 0 Å². The first-order valence-electron chi connectivity index (χ1n) is 5.50. The SMILES string of the molecule is O=C(O)N1C=C2NC3=C(CCCC3)C(=S)N2N1. The first-order chi connectivity index (χ1) is 8.16. The second kappa shape index (κ2) is 3.71. The molecule has 0 radical (unpaired) electrons. The molecule has 1 aliphatic carbocycles. The average molecular weight is 252 g/mol. The Hall–Kier alpha value is -1.60. The molecule has 2 aliphatic heterocycles. The molecular weight excluding hydrogens is 240 g/mol. The molecular formula is C10H12N4O2S. The molecule has 6 nitrogen and oxygen atoms in total. The van der Waals surface area contributed by atoms with Crippen LogP contribution in [0.2, 0.25) is 0 Å². The summed E-state index contributed by atoms with van der Waals surface area (Å²) in [7, 11) is 0. The van der Waals surface area contributed by atoms with Gasteiger partial charge in [0, 0.05) is 11.3 Å². The van der Waals surface area contributed by atoms with Crippen LogP contribution in [0, 0.1) is 0 Å². The van der Waals surface area contributed by atoms with E-state index in [-0.39, 0.29) is 0 Å². The Bertz CT molecular complexity index is 471. The highest BCUT2D eigenvalue weighted by Crippen LogP contribution is 2.31. The van der Waals surface area contributed by atoms with E-state index in [4.69, 9.17) is 17.3 Å². The number of carboxylic acid groups (broad SMARTS) is 1. The van der Waals surface area contributed by atoms with Gasteiger partial charge in [0.15, 0.2) is 0 Å². The van der Waals surface area contributed by atoms with Crippen LogP contribution in [-0.2, 0) is 0 Å². The summed E-state index contributed by atoms with van der Waals surface area (Å²) in [5.74, 6) is 0.679. The molecule has 7 heteroatoms. The Kier molecular flexibility index (Phi) is 2.30. The van der Waals surface area contributed by atoms with Crippen molar-refractivity contribution < 1.29 is 9.90 Å². The molecule has 0 saturated carbocycles. The smallest absolute Gasteiger partial charge is 0.427 e. The maximum atomic E-state index is 10.9. The number of thiocarbonyl (C=S) groups is 1. The first-order valence-corrected chi connectivity index (χ1v) is 5.91. The molecule has 0 aromatic carbocycles. The van der Waals surface area contributed by atoms with Gasteiger partial charge in [0.2, 0.25) is 0 Å². The molecule has 0 atom stereocenters. The van der Waals surface area contributed by atoms with Gasteiger partial charge in [-0.05, 0) is 25.7 Å². The van der Waals surface area contributed by atoms with Gasteiger partial charge in [-0.15, -0.1) is 5.53 Å². The summed E-state index contributed by atoms with van der Waals surface area (Å²) < 4.78 is 0. The number of nitrogens with zero attached hydrogens (tertiary/aromatic N) is 2. The molecule has 3 rings (SSSR count). The normalized spacial score (nSPS) is 23.1. The van der Waals surface area contributed by atoms with E-state index in [1.165, 1.54) is 6.20 Å². The van der Waals surface area contributed by atoms with Crippen LogP contribution >= 0.6 is 12.2 Å². The van der Waals surface area contributed by atoms with E-state index in [0.29, 0.717) is 10.8 Å². The molecule has 0 bridgehead atoms. The molecule has 3 aliphatic rings. The number of fused-ring (bicyclic) bond motifs is 1. The highest BCUT2D eigenvalue weighted by molar-refractivity contribution is 7.80. The van der Waals surface area contributed by atoms with Crippen LogP contribution in [0.4, 0.5) is 4.79 Å². The molecule has 0 aromatic heterocycles. The first kappa shape index (κ1) is 10.5.